The summed E-state index contributed by atoms with van der Waals surface area (Å²) in [6.07, 6.45) is 0.852. The van der Waals surface area contributed by atoms with Gasteiger partial charge in [0, 0.05) is 17.7 Å². The lowest BCUT2D eigenvalue weighted by Gasteiger charge is -2.07. The SMILES string of the molecule is COc1cc(OC)cc(C(=O)N/N=C\c2cc([N+](=O)[O-])cc([N+](=O)[O-])c2O)c1. The Labute approximate surface area is 157 Å². The van der Waals surface area contributed by atoms with Crippen LogP contribution in [-0.4, -0.2) is 41.3 Å². The van der Waals surface area contributed by atoms with Gasteiger partial charge in [-0.2, -0.15) is 5.10 Å². The third-order valence-corrected chi connectivity index (χ3v) is 3.49. The highest BCUT2D eigenvalue weighted by atomic mass is 16.6. The first kappa shape index (κ1) is 20.1. The third-order valence-electron chi connectivity index (χ3n) is 3.49. The normalized spacial score (nSPS) is 10.5. The zero-order valence-corrected chi connectivity index (χ0v) is 14.6. The molecular weight excluding hydrogens is 376 g/mol. The molecule has 0 atom stereocenters. The van der Waals surface area contributed by atoms with Gasteiger partial charge in [-0.3, -0.25) is 25.0 Å². The number of phenolic OH excluding ortho intramolecular Hbond substituents is 1. The molecule has 0 bridgehead atoms. The van der Waals surface area contributed by atoms with Gasteiger partial charge in [-0.1, -0.05) is 0 Å². The van der Waals surface area contributed by atoms with Crippen molar-refractivity contribution in [2.45, 2.75) is 0 Å². The van der Waals surface area contributed by atoms with Crippen molar-refractivity contribution >= 4 is 23.5 Å². The number of hydrogen-bond acceptors (Lipinski definition) is 9. The summed E-state index contributed by atoms with van der Waals surface area (Å²) in [6, 6.07) is 5.90. The first-order valence-corrected chi connectivity index (χ1v) is 7.49. The van der Waals surface area contributed by atoms with Crippen LogP contribution in [0.4, 0.5) is 11.4 Å². The number of phenols is 1. The average molecular weight is 390 g/mol. The molecule has 2 rings (SSSR count). The quantitative estimate of drug-likeness (QED) is 0.411. The van der Waals surface area contributed by atoms with Crippen LogP contribution >= 0.6 is 0 Å². The fourth-order valence-electron chi connectivity index (χ4n) is 2.13. The molecule has 0 aliphatic rings. The monoisotopic (exact) mass is 390 g/mol. The number of amides is 1. The lowest BCUT2D eigenvalue weighted by Crippen LogP contribution is -2.17. The fourth-order valence-corrected chi connectivity index (χ4v) is 2.13. The van der Waals surface area contributed by atoms with Gasteiger partial charge in [-0.25, -0.2) is 5.43 Å². The van der Waals surface area contributed by atoms with Crippen molar-refractivity contribution < 1.29 is 29.2 Å². The van der Waals surface area contributed by atoms with Crippen molar-refractivity contribution in [1.29, 1.82) is 0 Å². The number of carbonyl (C=O) groups is 1. The minimum absolute atomic E-state index is 0.141. The second kappa shape index (κ2) is 8.44. The standard InChI is InChI=1S/C16H14N4O8/c1-27-12-4-9(5-13(7-12)28-2)16(22)18-17-8-10-3-11(19(23)24)6-14(15(10)21)20(25)26/h3-8,21H,1-2H3,(H,18,22)/b17-8-. The summed E-state index contributed by atoms with van der Waals surface area (Å²) < 4.78 is 10.1. The molecule has 0 fully saturated rings. The molecule has 1 amide bonds. The molecule has 0 saturated carbocycles. The first-order valence-electron chi connectivity index (χ1n) is 7.49. The molecule has 0 unspecified atom stereocenters. The zero-order valence-electron chi connectivity index (χ0n) is 14.6. The van der Waals surface area contributed by atoms with Crippen LogP contribution in [0.1, 0.15) is 15.9 Å². The lowest BCUT2D eigenvalue weighted by molar-refractivity contribution is -0.394. The van der Waals surface area contributed by atoms with E-state index in [9.17, 15) is 30.1 Å². The van der Waals surface area contributed by atoms with E-state index in [-0.39, 0.29) is 11.1 Å². The van der Waals surface area contributed by atoms with Crippen molar-refractivity contribution in [2.75, 3.05) is 14.2 Å². The van der Waals surface area contributed by atoms with Gasteiger partial charge in [0.05, 0.1) is 41.9 Å². The van der Waals surface area contributed by atoms with Crippen LogP contribution in [0.15, 0.2) is 35.4 Å². The van der Waals surface area contributed by atoms with E-state index in [1.165, 1.54) is 26.4 Å². The molecule has 2 aromatic rings. The molecule has 28 heavy (non-hydrogen) atoms. The Morgan fingerprint density at radius 1 is 1.07 bits per heavy atom. The van der Waals surface area contributed by atoms with Gasteiger partial charge in [0.2, 0.25) is 5.75 Å². The summed E-state index contributed by atoms with van der Waals surface area (Å²) in [5.41, 5.74) is 0.492. The van der Waals surface area contributed by atoms with Gasteiger partial charge >= 0.3 is 5.69 Å². The van der Waals surface area contributed by atoms with Gasteiger partial charge in [0.1, 0.15) is 11.5 Å². The second-order valence-corrected chi connectivity index (χ2v) is 5.22. The molecule has 0 aromatic heterocycles. The highest BCUT2D eigenvalue weighted by molar-refractivity contribution is 5.96. The zero-order chi connectivity index (χ0) is 20.8. The van der Waals surface area contributed by atoms with E-state index < -0.39 is 32.9 Å². The summed E-state index contributed by atoms with van der Waals surface area (Å²) >= 11 is 0. The number of nitrogens with zero attached hydrogens (tertiary/aromatic N) is 3. The highest BCUT2D eigenvalue weighted by Gasteiger charge is 2.23. The number of nitrogens with one attached hydrogen (secondary N) is 1. The summed E-state index contributed by atoms with van der Waals surface area (Å²) in [5.74, 6) is -0.773. The summed E-state index contributed by atoms with van der Waals surface area (Å²) in [5, 5.41) is 35.3. The third kappa shape index (κ3) is 4.49. The maximum absolute atomic E-state index is 12.2. The molecule has 0 radical (unpaired) electrons. The largest absolute Gasteiger partial charge is 0.502 e. The van der Waals surface area contributed by atoms with E-state index >= 15 is 0 Å². The van der Waals surface area contributed by atoms with Gasteiger partial charge < -0.3 is 14.6 Å². The maximum atomic E-state index is 12.2. The smallest absolute Gasteiger partial charge is 0.318 e. The minimum Gasteiger partial charge on any atom is -0.502 e. The number of ether oxygens (including phenoxy) is 2. The van der Waals surface area contributed by atoms with E-state index in [0.717, 1.165) is 12.3 Å². The van der Waals surface area contributed by atoms with Gasteiger partial charge in [-0.15, -0.1) is 0 Å². The van der Waals surface area contributed by atoms with Crippen LogP contribution in [0.25, 0.3) is 0 Å². The number of nitro benzene ring substituents is 2. The summed E-state index contributed by atoms with van der Waals surface area (Å²) in [4.78, 5) is 32.2. The number of rotatable bonds is 7. The topological polar surface area (TPSA) is 166 Å². The Bertz CT molecular complexity index is 951. The van der Waals surface area contributed by atoms with E-state index in [4.69, 9.17) is 9.47 Å². The molecule has 2 N–H and O–H groups in total. The second-order valence-electron chi connectivity index (χ2n) is 5.22. The van der Waals surface area contributed by atoms with Crippen LogP contribution < -0.4 is 14.9 Å². The van der Waals surface area contributed by atoms with E-state index in [0.29, 0.717) is 17.6 Å². The van der Waals surface area contributed by atoms with E-state index in [1.54, 1.807) is 6.07 Å². The number of methoxy groups -OCH3 is 2. The molecule has 0 aliphatic carbocycles. The Balaban J connectivity index is 2.28. The summed E-state index contributed by atoms with van der Waals surface area (Å²) in [7, 11) is 2.82. The minimum atomic E-state index is -0.971. The Kier molecular flexibility index (Phi) is 6.06. The Morgan fingerprint density at radius 2 is 1.68 bits per heavy atom. The molecule has 0 heterocycles. The van der Waals surface area contributed by atoms with Gasteiger partial charge in [0.15, 0.2) is 0 Å². The van der Waals surface area contributed by atoms with E-state index in [1.807, 2.05) is 0 Å². The molecule has 146 valence electrons. The van der Waals surface area contributed by atoms with Crippen LogP contribution in [0.2, 0.25) is 0 Å². The molecule has 2 aromatic carbocycles. The Hall–Kier alpha value is -4.22. The van der Waals surface area contributed by atoms with Crippen LogP contribution in [0.3, 0.4) is 0 Å². The molecule has 0 aliphatic heterocycles. The number of benzene rings is 2. The number of carbonyl (C=O) groups excluding carboxylic acids is 1. The molecule has 0 spiro atoms. The van der Waals surface area contributed by atoms with Crippen LogP contribution in [0.5, 0.6) is 17.2 Å². The number of hydrazone groups is 1. The Morgan fingerprint density at radius 3 is 2.18 bits per heavy atom. The van der Waals surface area contributed by atoms with Gasteiger partial charge in [-0.05, 0) is 12.1 Å². The predicted molar refractivity (Wildman–Crippen MR) is 96.0 cm³/mol. The first-order chi connectivity index (χ1) is 13.3. The maximum Gasteiger partial charge on any atom is 0.318 e. The summed E-state index contributed by atoms with van der Waals surface area (Å²) in [6.45, 7) is 0. The molecule has 12 heteroatoms. The number of nitro groups is 2. The van der Waals surface area contributed by atoms with Crippen molar-refractivity contribution in [3.05, 3.63) is 61.7 Å². The highest BCUT2D eigenvalue weighted by Crippen LogP contribution is 2.33. The van der Waals surface area contributed by atoms with E-state index in [2.05, 4.69) is 10.5 Å². The van der Waals surface area contributed by atoms with Crippen molar-refractivity contribution in [3.8, 4) is 17.2 Å². The number of aromatic hydroxyl groups is 1. The van der Waals surface area contributed by atoms with Crippen molar-refractivity contribution in [2.24, 2.45) is 5.10 Å². The van der Waals surface area contributed by atoms with Crippen LogP contribution in [-0.2, 0) is 0 Å². The predicted octanol–water partition coefficient (Wildman–Crippen LogP) is 1.99. The number of hydrogen-bond donors (Lipinski definition) is 2. The van der Waals surface area contributed by atoms with Crippen LogP contribution in [0, 0.1) is 20.2 Å². The number of non-ortho nitro benzene ring substituents is 1. The lowest BCUT2D eigenvalue weighted by atomic mass is 10.1. The fraction of sp³-hybridized carbons (Fsp3) is 0.125. The average Bonchev–Trinajstić information content (AvgIpc) is 2.68. The molecule has 0 saturated heterocycles. The van der Waals surface area contributed by atoms with Gasteiger partial charge in [0.25, 0.3) is 11.6 Å². The molecular formula is C16H14N4O8. The van der Waals surface area contributed by atoms with Crippen molar-refractivity contribution in [3.63, 3.8) is 0 Å². The molecule has 12 nitrogen and oxygen atoms in total. The van der Waals surface area contributed by atoms with Crippen molar-refractivity contribution in [1.82, 2.24) is 5.43 Å².